The minimum Gasteiger partial charge on any atom is -0.384 e. The quantitative estimate of drug-likeness (QED) is 0.834. The van der Waals surface area contributed by atoms with E-state index in [1.54, 1.807) is 18.2 Å². The molecule has 0 saturated carbocycles. The van der Waals surface area contributed by atoms with Gasteiger partial charge in [-0.15, -0.1) is 6.58 Å². The molecule has 116 valence electrons. The number of amides is 1. The van der Waals surface area contributed by atoms with Gasteiger partial charge in [-0.05, 0) is 44.5 Å². The molecule has 0 fully saturated rings. The molecule has 0 atom stereocenters. The van der Waals surface area contributed by atoms with E-state index in [0.717, 1.165) is 0 Å². The second kappa shape index (κ2) is 6.01. The fourth-order valence-corrected chi connectivity index (χ4v) is 2.08. The highest BCUT2D eigenvalue weighted by Crippen LogP contribution is 2.16. The van der Waals surface area contributed by atoms with Crippen molar-refractivity contribution in [3.8, 4) is 5.69 Å². The predicted octanol–water partition coefficient (Wildman–Crippen LogP) is 2.68. The standard InChI is InChI=1S/C16H19FN4O/c1-4-9-16(2,3)19-15(22)13-10-14(18)21(20-13)12-7-5-11(17)6-8-12/h4-8,10H,1,9,18H2,2-3H3,(H,19,22). The van der Waals surface area contributed by atoms with E-state index < -0.39 is 5.54 Å². The topological polar surface area (TPSA) is 72.9 Å². The molecule has 0 aliphatic carbocycles. The number of nitrogens with zero attached hydrogens (tertiary/aromatic N) is 2. The van der Waals surface area contributed by atoms with Crippen LogP contribution in [0.1, 0.15) is 30.8 Å². The number of aromatic nitrogens is 2. The Morgan fingerprint density at radius 3 is 2.68 bits per heavy atom. The van der Waals surface area contributed by atoms with E-state index in [9.17, 15) is 9.18 Å². The lowest BCUT2D eigenvalue weighted by atomic mass is 10.0. The summed E-state index contributed by atoms with van der Waals surface area (Å²) in [6.07, 6.45) is 2.37. The summed E-state index contributed by atoms with van der Waals surface area (Å²) in [6.45, 7) is 7.46. The van der Waals surface area contributed by atoms with Gasteiger partial charge in [0.2, 0.25) is 0 Å². The number of hydrogen-bond donors (Lipinski definition) is 2. The summed E-state index contributed by atoms with van der Waals surface area (Å²) < 4.78 is 14.4. The van der Waals surface area contributed by atoms with Crippen molar-refractivity contribution in [1.82, 2.24) is 15.1 Å². The second-order valence-electron chi connectivity index (χ2n) is 5.67. The second-order valence-corrected chi connectivity index (χ2v) is 5.67. The number of nitrogen functional groups attached to an aromatic ring is 1. The highest BCUT2D eigenvalue weighted by Gasteiger charge is 2.22. The number of anilines is 1. The Hall–Kier alpha value is -2.63. The average Bonchev–Trinajstić information content (AvgIpc) is 2.81. The van der Waals surface area contributed by atoms with Crippen molar-refractivity contribution in [3.05, 3.63) is 54.5 Å². The SMILES string of the molecule is C=CCC(C)(C)NC(=O)c1cc(N)n(-c2ccc(F)cc2)n1. The maximum Gasteiger partial charge on any atom is 0.272 e. The van der Waals surface area contributed by atoms with Crippen LogP contribution in [-0.2, 0) is 0 Å². The predicted molar refractivity (Wildman–Crippen MR) is 84.3 cm³/mol. The van der Waals surface area contributed by atoms with E-state index in [1.807, 2.05) is 13.8 Å². The van der Waals surface area contributed by atoms with Gasteiger partial charge in [-0.3, -0.25) is 4.79 Å². The van der Waals surface area contributed by atoms with Gasteiger partial charge in [0.15, 0.2) is 5.69 Å². The first kappa shape index (κ1) is 15.8. The lowest BCUT2D eigenvalue weighted by molar-refractivity contribution is 0.0908. The summed E-state index contributed by atoms with van der Waals surface area (Å²) in [5.74, 6) is -0.365. The van der Waals surface area contributed by atoms with Crippen LogP contribution >= 0.6 is 0 Å². The molecule has 5 nitrogen and oxygen atoms in total. The third-order valence-corrected chi connectivity index (χ3v) is 3.15. The van der Waals surface area contributed by atoms with Gasteiger partial charge in [-0.1, -0.05) is 6.08 Å². The molecule has 0 radical (unpaired) electrons. The Balaban J connectivity index is 2.24. The molecule has 1 heterocycles. The number of nitrogens with two attached hydrogens (primary N) is 1. The van der Waals surface area contributed by atoms with Crippen LogP contribution in [0, 0.1) is 5.82 Å². The zero-order valence-electron chi connectivity index (χ0n) is 12.6. The van der Waals surface area contributed by atoms with Gasteiger partial charge in [0.25, 0.3) is 5.91 Å². The molecular formula is C16H19FN4O. The molecule has 6 heteroatoms. The summed E-state index contributed by atoms with van der Waals surface area (Å²) in [7, 11) is 0. The molecule has 2 rings (SSSR count). The maximum atomic E-state index is 13.0. The molecule has 0 spiro atoms. The van der Waals surface area contributed by atoms with E-state index in [-0.39, 0.29) is 17.4 Å². The van der Waals surface area contributed by atoms with Gasteiger partial charge >= 0.3 is 0 Å². The molecule has 2 aromatic rings. The molecule has 22 heavy (non-hydrogen) atoms. The summed E-state index contributed by atoms with van der Waals surface area (Å²) in [4.78, 5) is 12.2. The lowest BCUT2D eigenvalue weighted by Gasteiger charge is -2.24. The van der Waals surface area contributed by atoms with Crippen molar-refractivity contribution in [2.24, 2.45) is 0 Å². The van der Waals surface area contributed by atoms with Gasteiger partial charge in [-0.25, -0.2) is 9.07 Å². The largest absolute Gasteiger partial charge is 0.384 e. The summed E-state index contributed by atoms with van der Waals surface area (Å²) in [6, 6.07) is 7.19. The van der Waals surface area contributed by atoms with Crippen molar-refractivity contribution in [2.45, 2.75) is 25.8 Å². The summed E-state index contributed by atoms with van der Waals surface area (Å²) in [5, 5.41) is 7.06. The molecule has 0 bridgehead atoms. The van der Waals surface area contributed by atoms with E-state index in [0.29, 0.717) is 17.9 Å². The zero-order chi connectivity index (χ0) is 16.3. The smallest absolute Gasteiger partial charge is 0.272 e. The van der Waals surface area contributed by atoms with Crippen LogP contribution in [-0.4, -0.2) is 21.2 Å². The molecule has 1 amide bonds. The van der Waals surface area contributed by atoms with Crippen molar-refractivity contribution < 1.29 is 9.18 Å². The minimum atomic E-state index is -0.423. The van der Waals surface area contributed by atoms with Gasteiger partial charge in [0.05, 0.1) is 5.69 Å². The number of nitrogens with one attached hydrogen (secondary N) is 1. The van der Waals surface area contributed by atoms with E-state index in [1.165, 1.54) is 22.9 Å². The Bertz CT molecular complexity index is 689. The minimum absolute atomic E-state index is 0.207. The van der Waals surface area contributed by atoms with Gasteiger partial charge < -0.3 is 11.1 Å². The Labute approximate surface area is 128 Å². The Morgan fingerprint density at radius 1 is 1.45 bits per heavy atom. The van der Waals surface area contributed by atoms with Crippen molar-refractivity contribution in [3.63, 3.8) is 0 Å². The maximum absolute atomic E-state index is 13.0. The number of hydrogen-bond acceptors (Lipinski definition) is 3. The molecule has 1 aromatic heterocycles. The molecule has 3 N–H and O–H groups in total. The van der Waals surface area contributed by atoms with Crippen molar-refractivity contribution in [1.29, 1.82) is 0 Å². The first-order valence-electron chi connectivity index (χ1n) is 6.87. The molecule has 0 aliphatic rings. The van der Waals surface area contributed by atoms with Crippen LogP contribution in [0.4, 0.5) is 10.2 Å². The molecular weight excluding hydrogens is 283 g/mol. The Kier molecular flexibility index (Phi) is 4.30. The first-order valence-corrected chi connectivity index (χ1v) is 6.87. The van der Waals surface area contributed by atoms with E-state index in [2.05, 4.69) is 17.0 Å². The van der Waals surface area contributed by atoms with Crippen LogP contribution in [0.15, 0.2) is 43.0 Å². The summed E-state index contributed by atoms with van der Waals surface area (Å²) >= 11 is 0. The third kappa shape index (κ3) is 3.52. The number of benzene rings is 1. The van der Waals surface area contributed by atoms with Crippen LogP contribution < -0.4 is 11.1 Å². The third-order valence-electron chi connectivity index (χ3n) is 3.15. The van der Waals surface area contributed by atoms with E-state index >= 15 is 0 Å². The Morgan fingerprint density at radius 2 is 2.09 bits per heavy atom. The fraction of sp³-hybridized carbons (Fsp3) is 0.250. The number of rotatable bonds is 5. The molecule has 1 aromatic carbocycles. The van der Waals surface area contributed by atoms with Crippen molar-refractivity contribution >= 4 is 11.7 Å². The van der Waals surface area contributed by atoms with Gasteiger partial charge in [0.1, 0.15) is 11.6 Å². The van der Waals surface area contributed by atoms with Crippen LogP contribution in [0.2, 0.25) is 0 Å². The van der Waals surface area contributed by atoms with Gasteiger partial charge in [0, 0.05) is 11.6 Å². The zero-order valence-corrected chi connectivity index (χ0v) is 12.6. The van der Waals surface area contributed by atoms with Crippen LogP contribution in [0.25, 0.3) is 5.69 Å². The summed E-state index contributed by atoms with van der Waals surface area (Å²) in [5.41, 5.74) is 6.25. The molecule has 0 saturated heterocycles. The number of halogens is 1. The number of carbonyl (C=O) groups is 1. The lowest BCUT2D eigenvalue weighted by Crippen LogP contribution is -2.43. The highest BCUT2D eigenvalue weighted by molar-refractivity contribution is 5.93. The van der Waals surface area contributed by atoms with Crippen molar-refractivity contribution in [2.75, 3.05) is 5.73 Å². The highest BCUT2D eigenvalue weighted by atomic mass is 19.1. The average molecular weight is 302 g/mol. The molecule has 0 aliphatic heterocycles. The van der Waals surface area contributed by atoms with Gasteiger partial charge in [-0.2, -0.15) is 5.10 Å². The monoisotopic (exact) mass is 302 g/mol. The van der Waals surface area contributed by atoms with Crippen LogP contribution in [0.5, 0.6) is 0 Å². The normalized spacial score (nSPS) is 11.2. The number of carbonyl (C=O) groups excluding carboxylic acids is 1. The van der Waals surface area contributed by atoms with Crippen LogP contribution in [0.3, 0.4) is 0 Å². The van der Waals surface area contributed by atoms with E-state index in [4.69, 9.17) is 5.73 Å². The molecule has 0 unspecified atom stereocenters. The fourth-order valence-electron chi connectivity index (χ4n) is 2.08. The first-order chi connectivity index (χ1) is 10.3.